The third kappa shape index (κ3) is 8.13. The van der Waals surface area contributed by atoms with E-state index in [0.29, 0.717) is 18.0 Å². The number of carbonyl (C=O) groups excluding carboxylic acids is 2. The lowest BCUT2D eigenvalue weighted by molar-refractivity contribution is -0.140. The molecule has 0 aliphatic carbocycles. The fourth-order valence-electron chi connectivity index (χ4n) is 3.77. The van der Waals surface area contributed by atoms with Crippen LogP contribution in [-0.4, -0.2) is 57.6 Å². The zero-order valence-corrected chi connectivity index (χ0v) is 23.2. The molecule has 0 radical (unpaired) electrons. The number of amides is 2. The first-order valence-corrected chi connectivity index (χ1v) is 14.2. The molecular weight excluding hydrogens is 502 g/mol. The number of carbonyl (C=O) groups is 2. The van der Waals surface area contributed by atoms with Crippen LogP contribution in [0.1, 0.15) is 44.2 Å². The molecule has 2 rings (SSSR count). The van der Waals surface area contributed by atoms with Crippen LogP contribution >= 0.6 is 11.6 Å². The van der Waals surface area contributed by atoms with Gasteiger partial charge in [0.15, 0.2) is 0 Å². The highest BCUT2D eigenvalue weighted by atomic mass is 35.5. The largest absolute Gasteiger partial charge is 0.495 e. The molecule has 2 amide bonds. The van der Waals surface area contributed by atoms with Gasteiger partial charge in [0.25, 0.3) is 0 Å². The number of unbranched alkanes of at least 4 members (excludes halogenated alkanes) is 1. The molecule has 0 aliphatic heterocycles. The summed E-state index contributed by atoms with van der Waals surface area (Å²) < 4.78 is 31.9. The smallest absolute Gasteiger partial charge is 0.244 e. The molecule has 2 aromatic carbocycles. The number of hydrogen-bond donors (Lipinski definition) is 1. The van der Waals surface area contributed by atoms with Gasteiger partial charge in [0.1, 0.15) is 18.3 Å². The summed E-state index contributed by atoms with van der Waals surface area (Å²) in [6.45, 7) is 5.97. The predicted octanol–water partition coefficient (Wildman–Crippen LogP) is 4.15. The van der Waals surface area contributed by atoms with E-state index >= 15 is 0 Å². The highest BCUT2D eigenvalue weighted by molar-refractivity contribution is 7.92. The van der Waals surface area contributed by atoms with Gasteiger partial charge < -0.3 is 15.0 Å². The Hall–Kier alpha value is -2.78. The lowest BCUT2D eigenvalue weighted by atomic mass is 10.1. The molecule has 0 aromatic heterocycles. The number of hydrogen-bond acceptors (Lipinski definition) is 5. The number of halogens is 1. The number of nitrogens with zero attached hydrogens (tertiary/aromatic N) is 2. The van der Waals surface area contributed by atoms with Crippen molar-refractivity contribution in [3.05, 3.63) is 58.6 Å². The topological polar surface area (TPSA) is 96.0 Å². The lowest BCUT2D eigenvalue weighted by Gasteiger charge is -2.33. The molecular formula is C26H36ClN3O5S. The Balaban J connectivity index is 2.46. The predicted molar refractivity (Wildman–Crippen MR) is 144 cm³/mol. The van der Waals surface area contributed by atoms with Gasteiger partial charge in [0.05, 0.1) is 19.1 Å². The Morgan fingerprint density at radius 2 is 1.78 bits per heavy atom. The number of methoxy groups -OCH3 is 1. The first-order valence-electron chi connectivity index (χ1n) is 12.0. The van der Waals surface area contributed by atoms with Crippen LogP contribution in [0.2, 0.25) is 5.02 Å². The summed E-state index contributed by atoms with van der Waals surface area (Å²) in [6, 6.07) is 11.4. The molecule has 10 heteroatoms. The number of anilines is 1. The van der Waals surface area contributed by atoms with Crippen molar-refractivity contribution in [2.45, 2.75) is 52.6 Å². The molecule has 0 saturated heterocycles. The Morgan fingerprint density at radius 3 is 2.33 bits per heavy atom. The summed E-state index contributed by atoms with van der Waals surface area (Å²) in [6.07, 6.45) is 3.13. The van der Waals surface area contributed by atoms with E-state index < -0.39 is 28.5 Å². The normalized spacial score (nSPS) is 12.1. The summed E-state index contributed by atoms with van der Waals surface area (Å²) in [5, 5.41) is 3.20. The van der Waals surface area contributed by atoms with Crippen molar-refractivity contribution in [3.8, 4) is 5.75 Å². The summed E-state index contributed by atoms with van der Waals surface area (Å²) in [7, 11) is -2.49. The maximum absolute atomic E-state index is 13.7. The average molecular weight is 538 g/mol. The van der Waals surface area contributed by atoms with Gasteiger partial charge in [-0.25, -0.2) is 8.42 Å². The van der Waals surface area contributed by atoms with Crippen molar-refractivity contribution < 1.29 is 22.7 Å². The number of benzene rings is 2. The maximum Gasteiger partial charge on any atom is 0.244 e. The summed E-state index contributed by atoms with van der Waals surface area (Å²) in [5.41, 5.74) is 2.05. The summed E-state index contributed by atoms with van der Waals surface area (Å²) in [4.78, 5) is 28.2. The minimum atomic E-state index is -3.90. The van der Waals surface area contributed by atoms with Gasteiger partial charge in [0, 0.05) is 18.1 Å². The Bertz CT molecular complexity index is 1140. The van der Waals surface area contributed by atoms with E-state index in [1.54, 1.807) is 12.1 Å². The van der Waals surface area contributed by atoms with Crippen LogP contribution in [0.25, 0.3) is 0 Å². The zero-order chi connectivity index (χ0) is 26.9. The second-order valence-electron chi connectivity index (χ2n) is 8.66. The van der Waals surface area contributed by atoms with Crippen molar-refractivity contribution in [3.63, 3.8) is 0 Å². The molecule has 0 heterocycles. The summed E-state index contributed by atoms with van der Waals surface area (Å²) in [5.74, 6) is -0.523. The van der Waals surface area contributed by atoms with Gasteiger partial charge in [-0.1, -0.05) is 61.7 Å². The van der Waals surface area contributed by atoms with E-state index in [-0.39, 0.29) is 23.9 Å². The quantitative estimate of drug-likeness (QED) is 0.387. The molecule has 0 fully saturated rings. The van der Waals surface area contributed by atoms with E-state index in [9.17, 15) is 18.0 Å². The number of sulfonamides is 1. The van der Waals surface area contributed by atoms with Gasteiger partial charge in [0.2, 0.25) is 21.8 Å². The average Bonchev–Trinajstić information content (AvgIpc) is 2.83. The van der Waals surface area contributed by atoms with Crippen LogP contribution in [-0.2, 0) is 26.2 Å². The molecule has 0 spiro atoms. The zero-order valence-electron chi connectivity index (χ0n) is 21.6. The van der Waals surface area contributed by atoms with E-state index in [0.717, 1.165) is 34.5 Å². The Morgan fingerprint density at radius 1 is 1.11 bits per heavy atom. The number of aryl methyl sites for hydroxylation is 1. The van der Waals surface area contributed by atoms with Gasteiger partial charge in [-0.3, -0.25) is 13.9 Å². The van der Waals surface area contributed by atoms with Crippen molar-refractivity contribution in [2.75, 3.05) is 30.8 Å². The van der Waals surface area contributed by atoms with E-state index in [1.807, 2.05) is 45.0 Å². The number of rotatable bonds is 13. The van der Waals surface area contributed by atoms with E-state index in [2.05, 4.69) is 5.32 Å². The Labute approximate surface area is 219 Å². The molecule has 0 saturated carbocycles. The van der Waals surface area contributed by atoms with Crippen LogP contribution in [0.3, 0.4) is 0 Å². The standard InChI is InChI=1S/C26H36ClN3O5S/c1-6-8-15-28-26(32)22(7-2)29(17-20-11-9-19(3)10-12-20)25(31)18-30(36(5,33)34)23-16-21(27)13-14-24(23)35-4/h9-14,16,22H,6-8,15,17-18H2,1-5H3,(H,28,32)/t22-/m1/s1. The van der Waals surface area contributed by atoms with Gasteiger partial charge in [-0.05, 0) is 43.5 Å². The highest BCUT2D eigenvalue weighted by Gasteiger charge is 2.32. The van der Waals surface area contributed by atoms with Crippen LogP contribution in [0, 0.1) is 6.92 Å². The fourth-order valence-corrected chi connectivity index (χ4v) is 4.78. The second-order valence-corrected chi connectivity index (χ2v) is 11.0. The first-order chi connectivity index (χ1) is 17.0. The molecule has 8 nitrogen and oxygen atoms in total. The van der Waals surface area contributed by atoms with Crippen LogP contribution < -0.4 is 14.4 Å². The number of ether oxygens (including phenoxy) is 1. The lowest BCUT2D eigenvalue weighted by Crippen LogP contribution is -2.52. The minimum absolute atomic E-state index is 0.150. The second kappa shape index (κ2) is 13.5. The van der Waals surface area contributed by atoms with Crippen molar-refractivity contribution in [2.24, 2.45) is 0 Å². The molecule has 1 atom stereocenters. The van der Waals surface area contributed by atoms with Crippen LogP contribution in [0.4, 0.5) is 5.69 Å². The van der Waals surface area contributed by atoms with Crippen molar-refractivity contribution in [1.29, 1.82) is 0 Å². The fraction of sp³-hybridized carbons (Fsp3) is 0.462. The molecule has 0 aliphatic rings. The SMILES string of the molecule is CCCCNC(=O)[C@@H](CC)N(Cc1ccc(C)cc1)C(=O)CN(c1cc(Cl)ccc1OC)S(C)(=O)=O. The van der Waals surface area contributed by atoms with Crippen molar-refractivity contribution >= 4 is 39.1 Å². The van der Waals surface area contributed by atoms with E-state index in [4.69, 9.17) is 16.3 Å². The molecule has 36 heavy (non-hydrogen) atoms. The highest BCUT2D eigenvalue weighted by Crippen LogP contribution is 2.33. The van der Waals surface area contributed by atoms with Crippen LogP contribution in [0.5, 0.6) is 5.75 Å². The molecule has 198 valence electrons. The Kier molecular flexibility index (Phi) is 11.0. The number of nitrogens with one attached hydrogen (secondary N) is 1. The molecule has 1 N–H and O–H groups in total. The van der Waals surface area contributed by atoms with Gasteiger partial charge >= 0.3 is 0 Å². The summed E-state index contributed by atoms with van der Waals surface area (Å²) >= 11 is 6.14. The minimum Gasteiger partial charge on any atom is -0.495 e. The maximum atomic E-state index is 13.7. The third-order valence-electron chi connectivity index (χ3n) is 5.78. The third-order valence-corrected chi connectivity index (χ3v) is 7.14. The molecule has 0 unspecified atom stereocenters. The first kappa shape index (κ1) is 29.5. The molecule has 0 bridgehead atoms. The van der Waals surface area contributed by atoms with Crippen molar-refractivity contribution in [1.82, 2.24) is 10.2 Å². The van der Waals surface area contributed by atoms with Gasteiger partial charge in [-0.15, -0.1) is 0 Å². The van der Waals surface area contributed by atoms with Crippen LogP contribution in [0.15, 0.2) is 42.5 Å². The monoisotopic (exact) mass is 537 g/mol. The van der Waals surface area contributed by atoms with Gasteiger partial charge in [-0.2, -0.15) is 0 Å². The van der Waals surface area contributed by atoms with E-state index in [1.165, 1.54) is 18.1 Å². The molecule has 2 aromatic rings.